The van der Waals surface area contributed by atoms with Crippen LogP contribution < -0.4 is 0 Å². The van der Waals surface area contributed by atoms with Gasteiger partial charge in [0.05, 0.1) is 30.1 Å². The van der Waals surface area contributed by atoms with Crippen molar-refractivity contribution in [1.29, 1.82) is 5.26 Å². The Labute approximate surface area is 122 Å². The maximum Gasteiger partial charge on any atom is 0.229 e. The minimum absolute atomic E-state index is 0.198. The molecule has 106 valence electrons. The number of rotatable bonds is 4. The molecule has 3 aromatic rings. The van der Waals surface area contributed by atoms with Gasteiger partial charge >= 0.3 is 0 Å². The van der Waals surface area contributed by atoms with E-state index in [-0.39, 0.29) is 12.3 Å². The van der Waals surface area contributed by atoms with Crippen LogP contribution in [0.5, 0.6) is 0 Å². The molecule has 0 fully saturated rings. The fourth-order valence-corrected chi connectivity index (χ4v) is 2.22. The summed E-state index contributed by atoms with van der Waals surface area (Å²) in [5.74, 6) is 2.14. The SMILES string of the molecule is CC(C)c1nc(Cn2c(CC#N)nc3ccccc32)no1. The van der Waals surface area contributed by atoms with Gasteiger partial charge in [0.2, 0.25) is 5.89 Å². The van der Waals surface area contributed by atoms with Gasteiger partial charge in [0.15, 0.2) is 5.82 Å². The van der Waals surface area contributed by atoms with Crippen molar-refractivity contribution >= 4 is 11.0 Å². The summed E-state index contributed by atoms with van der Waals surface area (Å²) >= 11 is 0. The van der Waals surface area contributed by atoms with Crippen LogP contribution in [-0.4, -0.2) is 19.7 Å². The summed E-state index contributed by atoms with van der Waals surface area (Å²) in [6.07, 6.45) is 0.254. The quantitative estimate of drug-likeness (QED) is 0.734. The van der Waals surface area contributed by atoms with E-state index in [0.29, 0.717) is 18.3 Å². The van der Waals surface area contributed by atoms with Crippen LogP contribution in [0, 0.1) is 11.3 Å². The Kier molecular flexibility index (Phi) is 3.40. The maximum atomic E-state index is 8.96. The lowest BCUT2D eigenvalue weighted by Crippen LogP contribution is -2.06. The third-order valence-corrected chi connectivity index (χ3v) is 3.25. The third-order valence-electron chi connectivity index (χ3n) is 3.25. The minimum atomic E-state index is 0.198. The number of hydrogen-bond donors (Lipinski definition) is 0. The molecule has 0 bridgehead atoms. The van der Waals surface area contributed by atoms with Gasteiger partial charge in [-0.1, -0.05) is 31.1 Å². The molecule has 0 saturated carbocycles. The van der Waals surface area contributed by atoms with Gasteiger partial charge in [0, 0.05) is 5.92 Å². The molecule has 0 aliphatic heterocycles. The summed E-state index contributed by atoms with van der Waals surface area (Å²) in [6.45, 7) is 4.46. The zero-order valence-electron chi connectivity index (χ0n) is 11.9. The van der Waals surface area contributed by atoms with Gasteiger partial charge in [-0.3, -0.25) is 0 Å². The molecule has 0 N–H and O–H groups in total. The van der Waals surface area contributed by atoms with Crippen LogP contribution in [0.25, 0.3) is 11.0 Å². The molecular formula is C15H15N5O. The van der Waals surface area contributed by atoms with E-state index in [1.807, 2.05) is 42.7 Å². The highest BCUT2D eigenvalue weighted by molar-refractivity contribution is 5.76. The van der Waals surface area contributed by atoms with Crippen LogP contribution in [0.1, 0.15) is 37.3 Å². The van der Waals surface area contributed by atoms with Crippen LogP contribution in [0.2, 0.25) is 0 Å². The first kappa shape index (κ1) is 13.3. The van der Waals surface area contributed by atoms with E-state index in [1.165, 1.54) is 0 Å². The Morgan fingerprint density at radius 2 is 2.10 bits per heavy atom. The lowest BCUT2D eigenvalue weighted by Gasteiger charge is -2.03. The number of imidazole rings is 1. The largest absolute Gasteiger partial charge is 0.339 e. The highest BCUT2D eigenvalue weighted by Gasteiger charge is 2.15. The number of fused-ring (bicyclic) bond motifs is 1. The topological polar surface area (TPSA) is 80.5 Å². The Morgan fingerprint density at radius 1 is 1.29 bits per heavy atom. The Hall–Kier alpha value is -2.68. The average Bonchev–Trinajstić information content (AvgIpc) is 3.06. The fourth-order valence-electron chi connectivity index (χ4n) is 2.22. The summed E-state index contributed by atoms with van der Waals surface area (Å²) in [4.78, 5) is 8.88. The van der Waals surface area contributed by atoms with Gasteiger partial charge in [0.25, 0.3) is 0 Å². The molecule has 0 atom stereocenters. The van der Waals surface area contributed by atoms with Gasteiger partial charge in [-0.2, -0.15) is 10.2 Å². The smallest absolute Gasteiger partial charge is 0.229 e. The van der Waals surface area contributed by atoms with E-state index >= 15 is 0 Å². The molecule has 2 heterocycles. The second-order valence-corrected chi connectivity index (χ2v) is 5.14. The first-order valence-corrected chi connectivity index (χ1v) is 6.82. The van der Waals surface area contributed by atoms with E-state index < -0.39 is 0 Å². The van der Waals surface area contributed by atoms with Crippen LogP contribution in [0.4, 0.5) is 0 Å². The predicted molar refractivity (Wildman–Crippen MR) is 76.5 cm³/mol. The monoisotopic (exact) mass is 281 g/mol. The average molecular weight is 281 g/mol. The molecule has 3 rings (SSSR count). The predicted octanol–water partition coefficient (Wildman–Crippen LogP) is 2.66. The molecule has 6 nitrogen and oxygen atoms in total. The number of nitriles is 1. The van der Waals surface area contributed by atoms with Gasteiger partial charge in [-0.15, -0.1) is 0 Å². The number of aromatic nitrogens is 4. The van der Waals surface area contributed by atoms with Crippen molar-refractivity contribution < 1.29 is 4.52 Å². The van der Waals surface area contributed by atoms with Crippen LogP contribution in [0.15, 0.2) is 28.8 Å². The van der Waals surface area contributed by atoms with Crippen molar-refractivity contribution in [2.45, 2.75) is 32.7 Å². The summed E-state index contributed by atoms with van der Waals surface area (Å²) in [5.41, 5.74) is 1.84. The Bertz CT molecular complexity index is 809. The minimum Gasteiger partial charge on any atom is -0.339 e. The zero-order chi connectivity index (χ0) is 14.8. The van der Waals surface area contributed by atoms with Crippen molar-refractivity contribution in [3.63, 3.8) is 0 Å². The summed E-state index contributed by atoms with van der Waals surface area (Å²) < 4.78 is 7.19. The summed E-state index contributed by atoms with van der Waals surface area (Å²) in [5, 5.41) is 13.0. The van der Waals surface area contributed by atoms with E-state index in [9.17, 15) is 0 Å². The molecule has 0 aliphatic rings. The first-order chi connectivity index (χ1) is 10.2. The molecule has 6 heteroatoms. The van der Waals surface area contributed by atoms with Gasteiger partial charge < -0.3 is 9.09 Å². The van der Waals surface area contributed by atoms with E-state index in [4.69, 9.17) is 9.78 Å². The molecule has 21 heavy (non-hydrogen) atoms. The highest BCUT2D eigenvalue weighted by atomic mass is 16.5. The standard InChI is InChI=1S/C15H15N5O/c1-10(2)15-18-13(19-21-15)9-20-12-6-4-3-5-11(12)17-14(20)7-8-16/h3-6,10H,7,9H2,1-2H3. The number of hydrogen-bond acceptors (Lipinski definition) is 5. The van der Waals surface area contributed by atoms with E-state index in [2.05, 4.69) is 21.2 Å². The van der Waals surface area contributed by atoms with Crippen LogP contribution >= 0.6 is 0 Å². The Morgan fingerprint density at radius 3 is 2.81 bits per heavy atom. The highest BCUT2D eigenvalue weighted by Crippen LogP contribution is 2.18. The van der Waals surface area contributed by atoms with Crippen molar-refractivity contribution in [3.05, 3.63) is 41.8 Å². The van der Waals surface area contributed by atoms with Crippen molar-refractivity contribution in [2.24, 2.45) is 0 Å². The zero-order valence-corrected chi connectivity index (χ0v) is 11.9. The molecular weight excluding hydrogens is 266 g/mol. The van der Waals surface area contributed by atoms with Crippen molar-refractivity contribution in [3.8, 4) is 6.07 Å². The fraction of sp³-hybridized carbons (Fsp3) is 0.333. The molecule has 0 spiro atoms. The second kappa shape index (κ2) is 5.37. The van der Waals surface area contributed by atoms with Gasteiger partial charge in [-0.05, 0) is 12.1 Å². The normalized spacial score (nSPS) is 11.1. The van der Waals surface area contributed by atoms with E-state index in [0.717, 1.165) is 16.9 Å². The molecule has 2 aromatic heterocycles. The second-order valence-electron chi connectivity index (χ2n) is 5.14. The van der Waals surface area contributed by atoms with E-state index in [1.54, 1.807) is 0 Å². The number of nitrogens with zero attached hydrogens (tertiary/aromatic N) is 5. The molecule has 0 radical (unpaired) electrons. The number of para-hydroxylation sites is 2. The lowest BCUT2D eigenvalue weighted by molar-refractivity contribution is 0.360. The molecule has 1 aromatic carbocycles. The number of benzene rings is 1. The molecule has 0 saturated heterocycles. The lowest BCUT2D eigenvalue weighted by atomic mass is 10.2. The molecule has 0 unspecified atom stereocenters. The van der Waals surface area contributed by atoms with Crippen molar-refractivity contribution in [2.75, 3.05) is 0 Å². The van der Waals surface area contributed by atoms with Gasteiger partial charge in [-0.25, -0.2) is 4.98 Å². The van der Waals surface area contributed by atoms with Crippen LogP contribution in [-0.2, 0) is 13.0 Å². The Balaban J connectivity index is 2.01. The summed E-state index contributed by atoms with van der Waals surface area (Å²) in [6, 6.07) is 9.94. The van der Waals surface area contributed by atoms with Crippen LogP contribution in [0.3, 0.4) is 0 Å². The molecule has 0 aliphatic carbocycles. The summed E-state index contributed by atoms with van der Waals surface area (Å²) in [7, 11) is 0. The first-order valence-electron chi connectivity index (χ1n) is 6.82. The molecule has 0 amide bonds. The third kappa shape index (κ3) is 2.50. The van der Waals surface area contributed by atoms with Gasteiger partial charge in [0.1, 0.15) is 5.82 Å². The maximum absolute atomic E-state index is 8.96. The van der Waals surface area contributed by atoms with Crippen molar-refractivity contribution in [1.82, 2.24) is 19.7 Å².